The number of hydrogen-bond acceptors (Lipinski definition) is 2. The van der Waals surface area contributed by atoms with Crippen LogP contribution in [0.4, 0.5) is 0 Å². The zero-order valence-electron chi connectivity index (χ0n) is 6.97. The van der Waals surface area contributed by atoms with Gasteiger partial charge in [-0.25, -0.2) is 0 Å². The Balaban J connectivity index is 0. The molecule has 3 nitrogen and oxygen atoms in total. The number of rotatable bonds is 3. The minimum Gasteiger partial charge on any atom is -0.541 e. The van der Waals surface area contributed by atoms with Gasteiger partial charge in [0.25, 0.3) is 0 Å². The summed E-state index contributed by atoms with van der Waals surface area (Å²) in [7, 11) is 0. The zero-order valence-corrected chi connectivity index (χ0v) is 10.1. The van der Waals surface area contributed by atoms with E-state index < -0.39 is 0 Å². The van der Waals surface area contributed by atoms with Crippen LogP contribution in [0.1, 0.15) is 25.7 Å². The molecule has 0 bridgehead atoms. The van der Waals surface area contributed by atoms with Crippen LogP contribution < -0.4 is 51.4 Å². The second kappa shape index (κ2) is 6.71. The first-order chi connectivity index (χ1) is 4.33. The van der Waals surface area contributed by atoms with Crippen molar-refractivity contribution in [3.05, 3.63) is 0 Å². The Kier molecular flexibility index (Phi) is 8.99. The Hall–Kier alpha value is 1.23. The molecule has 0 heterocycles. The number of aliphatic hydroxyl groups excluding tert-OH is 1. The fourth-order valence-electron chi connectivity index (χ4n) is 1.22. The maximum absolute atomic E-state index is 10.3. The molecular weight excluding hydrogens is 171 g/mol. The largest absolute Gasteiger partial charge is 1.00 e. The van der Waals surface area contributed by atoms with Gasteiger partial charge in [-0.1, -0.05) is 19.3 Å². The van der Waals surface area contributed by atoms with Gasteiger partial charge in [0.2, 0.25) is 0 Å². The van der Waals surface area contributed by atoms with Gasteiger partial charge in [0, 0.05) is 6.61 Å². The molecule has 11 heavy (non-hydrogen) atoms. The van der Waals surface area contributed by atoms with E-state index in [0.717, 1.165) is 19.3 Å². The Labute approximate surface area is 109 Å². The van der Waals surface area contributed by atoms with Crippen molar-refractivity contribution in [1.29, 1.82) is 0 Å². The van der Waals surface area contributed by atoms with Gasteiger partial charge in [-0.15, -0.1) is 5.41 Å². The second-order valence-corrected chi connectivity index (χ2v) is 2.71. The van der Waals surface area contributed by atoms with Gasteiger partial charge >= 0.3 is 51.4 Å². The van der Waals surface area contributed by atoms with E-state index in [1.807, 2.05) is 6.29 Å². The molecule has 1 aliphatic rings. The summed E-state index contributed by atoms with van der Waals surface area (Å²) in [6.45, 7) is 0.120. The third kappa shape index (κ3) is 3.63. The minimum absolute atomic E-state index is 0. The molecule has 1 fully saturated rings. The van der Waals surface area contributed by atoms with Gasteiger partial charge in [-0.05, 0) is 6.42 Å². The number of hydrogen-bond donors (Lipinski definition) is 1. The Bertz CT molecular complexity index is 112. The van der Waals surface area contributed by atoms with Gasteiger partial charge in [0.1, 0.15) is 0 Å². The van der Waals surface area contributed by atoms with Gasteiger partial charge in [0.05, 0.1) is 0 Å². The third-order valence-corrected chi connectivity index (χ3v) is 2.12. The van der Waals surface area contributed by atoms with Crippen LogP contribution in [0.3, 0.4) is 0 Å². The summed E-state index contributed by atoms with van der Waals surface area (Å²) >= 11 is 0. The first-order valence-corrected chi connectivity index (χ1v) is 3.33. The molecule has 0 aliphatic heterocycles. The predicted octanol–water partition coefficient (Wildman–Crippen LogP) is -3.27. The monoisotopic (exact) mass is 185 g/mol. The molecule has 4 heteroatoms. The van der Waals surface area contributed by atoms with Gasteiger partial charge in [0.15, 0.2) is 0 Å². The minimum atomic E-state index is -0.241. The smallest absolute Gasteiger partial charge is 0.541 e. The molecule has 4 N–H and O–H groups in total. The van der Waals surface area contributed by atoms with Crippen LogP contribution in [0, 0.1) is 5.41 Å². The molecule has 1 rings (SSSR count). The van der Waals surface area contributed by atoms with Gasteiger partial charge in [-0.3, -0.25) is 6.29 Å². The third-order valence-electron chi connectivity index (χ3n) is 2.12. The normalized spacial score (nSPS) is 18.6. The maximum atomic E-state index is 10.3. The molecule has 0 amide bonds. The van der Waals surface area contributed by atoms with Crippen molar-refractivity contribution < 1.29 is 66.8 Å². The predicted molar refractivity (Wildman–Crippen MR) is 38.6 cm³/mol. The first-order valence-electron chi connectivity index (χ1n) is 3.33. The van der Waals surface area contributed by atoms with E-state index in [4.69, 9.17) is 5.11 Å². The molecule has 0 aromatic rings. The second-order valence-electron chi connectivity index (χ2n) is 2.71. The van der Waals surface area contributed by atoms with E-state index in [9.17, 15) is 4.79 Å². The van der Waals surface area contributed by atoms with E-state index in [2.05, 4.69) is 0 Å². The average molecular weight is 185 g/mol. The summed E-state index contributed by atoms with van der Waals surface area (Å²) < 4.78 is 0. The van der Waals surface area contributed by atoms with Crippen LogP contribution in [-0.4, -0.2) is 18.0 Å². The molecule has 0 aromatic carbocycles. The number of aliphatic hydroxyl groups is 1. The van der Waals surface area contributed by atoms with Crippen molar-refractivity contribution in [2.75, 3.05) is 6.61 Å². The van der Waals surface area contributed by atoms with Crippen molar-refractivity contribution in [2.24, 2.45) is 5.41 Å². The molecular formula is C7H14KO3+. The molecule has 0 saturated heterocycles. The van der Waals surface area contributed by atoms with Crippen LogP contribution >= 0.6 is 0 Å². The molecule has 60 valence electrons. The van der Waals surface area contributed by atoms with Gasteiger partial charge in [-0.2, -0.15) is 0 Å². The van der Waals surface area contributed by atoms with Crippen LogP contribution in [0.15, 0.2) is 0 Å². The molecule has 0 unspecified atom stereocenters. The topological polar surface area (TPSA) is 70.3 Å². The Morgan fingerprint density at radius 1 is 1.45 bits per heavy atom. The van der Waals surface area contributed by atoms with Crippen molar-refractivity contribution >= 4 is 6.29 Å². The molecule has 1 saturated carbocycles. The van der Waals surface area contributed by atoms with Crippen LogP contribution in [-0.2, 0) is 10.3 Å². The first kappa shape index (κ1) is 14.7. The molecule has 0 aromatic heterocycles. The average Bonchev–Trinajstić information content (AvgIpc) is 1.79. The van der Waals surface area contributed by atoms with Gasteiger partial charge < -0.3 is 15.4 Å². The molecule has 0 atom stereocenters. The van der Waals surface area contributed by atoms with E-state index in [1.165, 1.54) is 0 Å². The van der Waals surface area contributed by atoms with Crippen LogP contribution in [0.5, 0.6) is 0 Å². The van der Waals surface area contributed by atoms with E-state index in [-0.39, 0.29) is 68.9 Å². The van der Waals surface area contributed by atoms with Crippen molar-refractivity contribution in [1.82, 2.24) is 0 Å². The Morgan fingerprint density at radius 3 is 2.09 bits per heavy atom. The Morgan fingerprint density at radius 2 is 2.00 bits per heavy atom. The van der Waals surface area contributed by atoms with Crippen LogP contribution in [0.25, 0.3) is 0 Å². The summed E-state index contributed by atoms with van der Waals surface area (Å²) in [5.41, 5.74) is -0.241. The molecule has 1 aliphatic carbocycles. The summed E-state index contributed by atoms with van der Waals surface area (Å²) in [4.78, 5) is 10.3. The SMILES string of the molecule is O=[C-]C1(CCO)CCC1.[K+].[OH3+]. The van der Waals surface area contributed by atoms with Crippen molar-refractivity contribution in [3.8, 4) is 0 Å². The fraction of sp³-hybridized carbons (Fsp3) is 0.857. The summed E-state index contributed by atoms with van der Waals surface area (Å²) in [6.07, 6.45) is 5.59. The van der Waals surface area contributed by atoms with E-state index >= 15 is 0 Å². The number of carbonyl (C=O) groups excluding carboxylic acids is 1. The zero-order chi connectivity index (χ0) is 6.74. The quantitative estimate of drug-likeness (QED) is 0.285. The fourth-order valence-corrected chi connectivity index (χ4v) is 1.22. The van der Waals surface area contributed by atoms with Crippen LogP contribution in [0.2, 0.25) is 0 Å². The molecule has 0 radical (unpaired) electrons. The summed E-state index contributed by atoms with van der Waals surface area (Å²) in [6, 6.07) is 0. The summed E-state index contributed by atoms with van der Waals surface area (Å²) in [5, 5.41) is 8.52. The van der Waals surface area contributed by atoms with E-state index in [1.54, 1.807) is 0 Å². The standard InChI is InChI=1S/C7H11O2.K.H2O/c8-5-4-7(6-9)2-1-3-7;;/h8H,1-5H2;;1H2/q-1;+1;/p+1. The van der Waals surface area contributed by atoms with Crippen molar-refractivity contribution in [3.63, 3.8) is 0 Å². The summed E-state index contributed by atoms with van der Waals surface area (Å²) in [5.74, 6) is 0. The van der Waals surface area contributed by atoms with E-state index in [0.29, 0.717) is 6.42 Å². The maximum Gasteiger partial charge on any atom is 1.00 e. The van der Waals surface area contributed by atoms with Crippen molar-refractivity contribution in [2.45, 2.75) is 25.7 Å². The molecule has 0 spiro atoms.